The van der Waals surface area contributed by atoms with Gasteiger partial charge in [0.15, 0.2) is 0 Å². The van der Waals surface area contributed by atoms with Gasteiger partial charge in [-0.25, -0.2) is 0 Å². The molecule has 0 N–H and O–H groups in total. The zero-order valence-corrected chi connectivity index (χ0v) is 8.92. The van der Waals surface area contributed by atoms with Crippen LogP contribution in [0, 0.1) is 5.41 Å². The summed E-state index contributed by atoms with van der Waals surface area (Å²) in [6.45, 7) is 4.94. The smallest absolute Gasteiger partial charge is 0.550 e. The van der Waals surface area contributed by atoms with Crippen molar-refractivity contribution in [3.8, 4) is 0 Å². The van der Waals surface area contributed by atoms with Gasteiger partial charge < -0.3 is 9.90 Å². The third kappa shape index (κ3) is 5.52. The summed E-state index contributed by atoms with van der Waals surface area (Å²) in [5.41, 5.74) is -0.528. The molecule has 3 nitrogen and oxygen atoms in total. The Balaban J connectivity index is 0. The Hall–Kier alpha value is -0.120. The molecule has 74 valence electrons. The van der Waals surface area contributed by atoms with E-state index in [9.17, 15) is 14.7 Å². The van der Waals surface area contributed by atoms with E-state index in [4.69, 9.17) is 0 Å². The van der Waals surface area contributed by atoms with Crippen LogP contribution in [0.15, 0.2) is 0 Å². The second-order valence-electron chi connectivity index (χ2n) is 3.31. The Morgan fingerprint density at radius 1 is 1.33 bits per heavy atom. The van der Waals surface area contributed by atoms with Crippen LogP contribution in [-0.4, -0.2) is 11.8 Å². The number of carbonyl (C=O) groups is 2. The largest absolute Gasteiger partial charge is 1.00 e. The fourth-order valence-electron chi connectivity index (χ4n) is 0.591. The standard InChI is InChI=1S/C8H14O3.Ag/c1-6(9)8(2,3)5-4-7(10)11;/h4-5H2,1-3H3,(H,10,11);/q;+1/p-1. The van der Waals surface area contributed by atoms with Gasteiger partial charge in [-0.2, -0.15) is 0 Å². The molecule has 0 aromatic rings. The molecular weight excluding hydrogens is 252 g/mol. The normalized spacial score (nSPS) is 10.2. The zero-order chi connectivity index (χ0) is 9.07. The minimum absolute atomic E-state index is 0. The first-order valence-electron chi connectivity index (χ1n) is 3.57. The van der Waals surface area contributed by atoms with Crippen molar-refractivity contribution in [1.29, 1.82) is 0 Å². The number of Topliss-reactive ketones (excluding diaryl/α,β-unsaturated/α-hetero) is 1. The molecule has 4 heteroatoms. The van der Waals surface area contributed by atoms with Gasteiger partial charge in [-0.15, -0.1) is 0 Å². The number of carboxylic acids is 1. The average Bonchev–Trinajstić information content (AvgIpc) is 1.84. The van der Waals surface area contributed by atoms with E-state index in [0.29, 0.717) is 6.42 Å². The summed E-state index contributed by atoms with van der Waals surface area (Å²) in [7, 11) is 0. The van der Waals surface area contributed by atoms with Crippen molar-refractivity contribution in [2.24, 2.45) is 5.41 Å². The summed E-state index contributed by atoms with van der Waals surface area (Å²) in [5, 5.41) is 10.0. The van der Waals surface area contributed by atoms with Gasteiger partial charge in [-0.05, 0) is 19.8 Å². The molecule has 0 bridgehead atoms. The Labute approximate surface area is 88.0 Å². The number of hydrogen-bond donors (Lipinski definition) is 0. The number of carboxylic acid groups (broad SMARTS) is 1. The van der Waals surface area contributed by atoms with Crippen molar-refractivity contribution < 1.29 is 37.1 Å². The molecule has 0 unspecified atom stereocenters. The number of rotatable bonds is 4. The van der Waals surface area contributed by atoms with Crippen molar-refractivity contribution in [3.63, 3.8) is 0 Å². The molecule has 0 saturated heterocycles. The Kier molecular flexibility index (Phi) is 6.62. The fraction of sp³-hybridized carbons (Fsp3) is 0.750. The number of ketones is 1. The summed E-state index contributed by atoms with van der Waals surface area (Å²) in [6.07, 6.45) is 0.303. The van der Waals surface area contributed by atoms with Crippen molar-refractivity contribution in [3.05, 3.63) is 0 Å². The molecule has 0 heterocycles. The molecule has 0 aliphatic rings. The SMILES string of the molecule is CC(=O)C(C)(C)CCC(=O)[O-].[Ag+]. The van der Waals surface area contributed by atoms with Gasteiger partial charge in [-0.3, -0.25) is 4.79 Å². The Morgan fingerprint density at radius 2 is 1.75 bits per heavy atom. The fourth-order valence-corrected chi connectivity index (χ4v) is 0.591. The van der Waals surface area contributed by atoms with E-state index in [-0.39, 0.29) is 34.6 Å². The quantitative estimate of drug-likeness (QED) is 0.679. The second kappa shape index (κ2) is 5.51. The molecule has 0 aliphatic carbocycles. The van der Waals surface area contributed by atoms with Gasteiger partial charge in [-0.1, -0.05) is 13.8 Å². The Morgan fingerprint density at radius 3 is 2.00 bits per heavy atom. The summed E-state index contributed by atoms with van der Waals surface area (Å²) < 4.78 is 0. The van der Waals surface area contributed by atoms with Crippen LogP contribution in [0.5, 0.6) is 0 Å². The van der Waals surface area contributed by atoms with Crippen molar-refractivity contribution in [1.82, 2.24) is 0 Å². The van der Waals surface area contributed by atoms with E-state index < -0.39 is 11.4 Å². The molecule has 0 radical (unpaired) electrons. The monoisotopic (exact) mass is 264 g/mol. The predicted octanol–water partition coefficient (Wildman–Crippen LogP) is 0.129. The second-order valence-corrected chi connectivity index (χ2v) is 3.31. The summed E-state index contributed by atoms with van der Waals surface area (Å²) in [4.78, 5) is 20.9. The van der Waals surface area contributed by atoms with Crippen molar-refractivity contribution in [2.75, 3.05) is 0 Å². The molecule has 0 aromatic carbocycles. The molecule has 0 amide bonds. The molecule has 12 heavy (non-hydrogen) atoms. The van der Waals surface area contributed by atoms with Crippen LogP contribution in [0.2, 0.25) is 0 Å². The van der Waals surface area contributed by atoms with Crippen LogP contribution >= 0.6 is 0 Å². The molecule has 0 saturated carbocycles. The van der Waals surface area contributed by atoms with E-state index in [1.165, 1.54) is 6.92 Å². The zero-order valence-electron chi connectivity index (χ0n) is 7.44. The van der Waals surface area contributed by atoms with E-state index in [1.807, 2.05) is 0 Å². The predicted molar refractivity (Wildman–Crippen MR) is 38.7 cm³/mol. The maximum absolute atomic E-state index is 10.9. The van der Waals surface area contributed by atoms with Gasteiger partial charge in [0.1, 0.15) is 5.78 Å². The van der Waals surface area contributed by atoms with Gasteiger partial charge in [0.2, 0.25) is 0 Å². The molecule has 0 spiro atoms. The van der Waals surface area contributed by atoms with Crippen LogP contribution in [0.3, 0.4) is 0 Å². The van der Waals surface area contributed by atoms with Gasteiger partial charge >= 0.3 is 22.4 Å². The number of carbonyl (C=O) groups excluding carboxylic acids is 2. The molecule has 0 aliphatic heterocycles. The Bertz CT molecular complexity index is 175. The van der Waals surface area contributed by atoms with Crippen molar-refractivity contribution >= 4 is 11.8 Å². The first-order valence-corrected chi connectivity index (χ1v) is 3.57. The van der Waals surface area contributed by atoms with Gasteiger partial charge in [0.05, 0.1) is 0 Å². The maximum atomic E-state index is 10.9. The van der Waals surface area contributed by atoms with Crippen molar-refractivity contribution in [2.45, 2.75) is 33.6 Å². The van der Waals surface area contributed by atoms with E-state index >= 15 is 0 Å². The van der Waals surface area contributed by atoms with Crippen LogP contribution in [0.4, 0.5) is 0 Å². The maximum Gasteiger partial charge on any atom is 1.00 e. The van der Waals surface area contributed by atoms with E-state index in [0.717, 1.165) is 0 Å². The summed E-state index contributed by atoms with van der Waals surface area (Å²) >= 11 is 0. The topological polar surface area (TPSA) is 57.2 Å². The molecule has 0 atom stereocenters. The van der Waals surface area contributed by atoms with Gasteiger partial charge in [0.25, 0.3) is 0 Å². The average molecular weight is 265 g/mol. The van der Waals surface area contributed by atoms with E-state index in [1.54, 1.807) is 13.8 Å². The first kappa shape index (κ1) is 14.4. The summed E-state index contributed by atoms with van der Waals surface area (Å²) in [6, 6.07) is 0. The van der Waals surface area contributed by atoms with Crippen LogP contribution in [0.25, 0.3) is 0 Å². The van der Waals surface area contributed by atoms with E-state index in [2.05, 4.69) is 0 Å². The third-order valence-corrected chi connectivity index (χ3v) is 1.91. The molecule has 0 aromatic heterocycles. The van der Waals surface area contributed by atoms with Gasteiger partial charge in [0, 0.05) is 11.4 Å². The van der Waals surface area contributed by atoms with Crippen LogP contribution in [0.1, 0.15) is 33.6 Å². The van der Waals surface area contributed by atoms with Crippen LogP contribution in [-0.2, 0) is 32.0 Å². The molecular formula is C8H13AgO3. The number of hydrogen-bond acceptors (Lipinski definition) is 3. The number of aliphatic carboxylic acids is 1. The van der Waals surface area contributed by atoms with Crippen LogP contribution < -0.4 is 5.11 Å². The molecule has 0 fully saturated rings. The first-order chi connectivity index (χ1) is 4.86. The minimum Gasteiger partial charge on any atom is -0.550 e. The summed E-state index contributed by atoms with van der Waals surface area (Å²) in [5.74, 6) is -1.09. The molecule has 0 rings (SSSR count). The minimum atomic E-state index is -1.10. The third-order valence-electron chi connectivity index (χ3n) is 1.91.